The van der Waals surface area contributed by atoms with Gasteiger partial charge in [0, 0.05) is 32.5 Å². The van der Waals surface area contributed by atoms with E-state index in [0.717, 1.165) is 31.0 Å². The molecular weight excluding hydrogens is 310 g/mol. The third kappa shape index (κ3) is 3.80. The lowest BCUT2D eigenvalue weighted by Gasteiger charge is -2.32. The average Bonchev–Trinajstić information content (AvgIpc) is 3.08. The number of nitrogens with zero attached hydrogens (tertiary/aromatic N) is 6. The molecule has 0 saturated heterocycles. The van der Waals surface area contributed by atoms with Gasteiger partial charge in [-0.3, -0.25) is 4.90 Å². The van der Waals surface area contributed by atoms with E-state index in [1.54, 1.807) is 14.0 Å². The highest BCUT2D eigenvalue weighted by Crippen LogP contribution is 2.34. The molecule has 132 valence electrons. The molecule has 1 saturated carbocycles. The van der Waals surface area contributed by atoms with Crippen LogP contribution in [0.15, 0.2) is 4.52 Å². The van der Waals surface area contributed by atoms with Crippen LogP contribution in [-0.2, 0) is 24.4 Å². The Bertz CT molecular complexity index is 663. The number of rotatable bonds is 8. The van der Waals surface area contributed by atoms with Gasteiger partial charge in [0.15, 0.2) is 5.82 Å². The third-order valence-corrected chi connectivity index (χ3v) is 4.31. The highest BCUT2D eigenvalue weighted by molar-refractivity contribution is 5.08. The maximum absolute atomic E-state index is 5.92. The first kappa shape index (κ1) is 17.0. The van der Waals surface area contributed by atoms with Crippen LogP contribution in [0.2, 0.25) is 0 Å². The molecule has 0 bridgehead atoms. The van der Waals surface area contributed by atoms with Gasteiger partial charge in [-0.2, -0.15) is 4.98 Å². The zero-order valence-electron chi connectivity index (χ0n) is 14.5. The molecule has 0 spiro atoms. The van der Waals surface area contributed by atoms with Gasteiger partial charge in [-0.25, -0.2) is 0 Å². The minimum Gasteiger partial charge on any atom is -0.383 e. The molecule has 3 rings (SSSR count). The van der Waals surface area contributed by atoms with Gasteiger partial charge in [0.2, 0.25) is 5.89 Å². The Hall–Kier alpha value is -1.84. The molecule has 0 amide bonds. The monoisotopic (exact) mass is 335 g/mol. The van der Waals surface area contributed by atoms with Gasteiger partial charge in [0.1, 0.15) is 11.6 Å². The van der Waals surface area contributed by atoms with Gasteiger partial charge in [0.05, 0.1) is 19.7 Å². The Labute approximate surface area is 141 Å². The Morgan fingerprint density at radius 3 is 2.75 bits per heavy atom. The van der Waals surface area contributed by atoms with Crippen LogP contribution in [0.1, 0.15) is 42.1 Å². The number of ether oxygens (including phenoxy) is 1. The maximum Gasteiger partial charge on any atom is 0.223 e. The Morgan fingerprint density at radius 2 is 2.12 bits per heavy atom. The van der Waals surface area contributed by atoms with Crippen molar-refractivity contribution in [3.63, 3.8) is 0 Å². The third-order valence-electron chi connectivity index (χ3n) is 4.31. The molecule has 2 N–H and O–H groups in total. The van der Waals surface area contributed by atoms with Gasteiger partial charge in [-0.15, -0.1) is 10.2 Å². The van der Waals surface area contributed by atoms with Gasteiger partial charge in [-0.1, -0.05) is 5.16 Å². The second kappa shape index (κ2) is 7.37. The Morgan fingerprint density at radius 1 is 1.33 bits per heavy atom. The lowest BCUT2D eigenvalue weighted by atomic mass is 9.80. The van der Waals surface area contributed by atoms with E-state index in [0.29, 0.717) is 37.3 Å². The van der Waals surface area contributed by atoms with E-state index < -0.39 is 0 Å². The van der Waals surface area contributed by atoms with Crippen molar-refractivity contribution in [1.29, 1.82) is 0 Å². The quantitative estimate of drug-likeness (QED) is 0.741. The molecule has 1 aliphatic rings. The highest BCUT2D eigenvalue weighted by Gasteiger charge is 2.32. The second-order valence-electron chi connectivity index (χ2n) is 6.45. The SMILES string of the molecule is COCCn1c(CN(C)Cc2noc(C)n2)nnc1C1CC(N)C1. The Balaban J connectivity index is 1.69. The van der Waals surface area contributed by atoms with Gasteiger partial charge in [0.25, 0.3) is 0 Å². The topological polar surface area (TPSA) is 108 Å². The lowest BCUT2D eigenvalue weighted by Crippen LogP contribution is -2.36. The molecule has 9 heteroatoms. The molecule has 0 aromatic carbocycles. The molecule has 1 aliphatic carbocycles. The van der Waals surface area contributed by atoms with Crippen molar-refractivity contribution in [3.05, 3.63) is 23.4 Å². The molecule has 2 aromatic rings. The normalized spacial score (nSPS) is 20.5. The van der Waals surface area contributed by atoms with Gasteiger partial charge in [-0.05, 0) is 19.9 Å². The number of methoxy groups -OCH3 is 1. The summed E-state index contributed by atoms with van der Waals surface area (Å²) in [6.45, 7) is 4.41. The molecule has 24 heavy (non-hydrogen) atoms. The standard InChI is InChI=1S/C15H25N7O2/c1-10-17-13(20-24-10)8-21(2)9-14-18-19-15(11-6-12(16)7-11)22(14)4-5-23-3/h11-12H,4-9,16H2,1-3H3. The fourth-order valence-corrected chi connectivity index (χ4v) is 3.01. The summed E-state index contributed by atoms with van der Waals surface area (Å²) in [6.07, 6.45) is 1.95. The number of aromatic nitrogens is 5. The Kier molecular flexibility index (Phi) is 5.22. The summed E-state index contributed by atoms with van der Waals surface area (Å²) in [5, 5.41) is 12.7. The molecule has 0 atom stereocenters. The summed E-state index contributed by atoms with van der Waals surface area (Å²) in [4.78, 5) is 6.32. The van der Waals surface area contributed by atoms with E-state index in [1.807, 2.05) is 7.05 Å². The van der Waals surface area contributed by atoms with E-state index in [1.165, 1.54) is 0 Å². The molecule has 0 unspecified atom stereocenters. The van der Waals surface area contributed by atoms with E-state index in [-0.39, 0.29) is 6.04 Å². The number of hydrogen-bond acceptors (Lipinski definition) is 8. The van der Waals surface area contributed by atoms with Crippen LogP contribution in [0.4, 0.5) is 0 Å². The van der Waals surface area contributed by atoms with Crippen LogP contribution in [-0.4, -0.2) is 56.6 Å². The fraction of sp³-hybridized carbons (Fsp3) is 0.733. The van der Waals surface area contributed by atoms with Crippen LogP contribution in [0.5, 0.6) is 0 Å². The maximum atomic E-state index is 5.92. The van der Waals surface area contributed by atoms with E-state index in [9.17, 15) is 0 Å². The van der Waals surface area contributed by atoms with E-state index in [2.05, 4.69) is 29.8 Å². The summed E-state index contributed by atoms with van der Waals surface area (Å²) in [6, 6.07) is 0.287. The average molecular weight is 335 g/mol. The van der Waals surface area contributed by atoms with Gasteiger partial charge >= 0.3 is 0 Å². The zero-order valence-corrected chi connectivity index (χ0v) is 14.5. The molecule has 1 fully saturated rings. The summed E-state index contributed by atoms with van der Waals surface area (Å²) in [5.41, 5.74) is 5.92. The smallest absolute Gasteiger partial charge is 0.223 e. The minimum atomic E-state index is 0.287. The first-order valence-electron chi connectivity index (χ1n) is 8.21. The summed E-state index contributed by atoms with van der Waals surface area (Å²) in [7, 11) is 3.70. The summed E-state index contributed by atoms with van der Waals surface area (Å²) >= 11 is 0. The van der Waals surface area contributed by atoms with Crippen LogP contribution in [0.3, 0.4) is 0 Å². The van der Waals surface area contributed by atoms with Crippen molar-refractivity contribution < 1.29 is 9.26 Å². The van der Waals surface area contributed by atoms with E-state index >= 15 is 0 Å². The van der Waals surface area contributed by atoms with Crippen molar-refractivity contribution in [2.75, 3.05) is 20.8 Å². The molecule has 0 aliphatic heterocycles. The first-order valence-corrected chi connectivity index (χ1v) is 8.21. The predicted octanol–water partition coefficient (Wildman–Crippen LogP) is 0.453. The van der Waals surface area contributed by atoms with Crippen molar-refractivity contribution in [2.45, 2.75) is 51.4 Å². The number of hydrogen-bond donors (Lipinski definition) is 1. The summed E-state index contributed by atoms with van der Waals surface area (Å²) < 4.78 is 12.4. The van der Waals surface area contributed by atoms with Crippen molar-refractivity contribution in [2.24, 2.45) is 5.73 Å². The number of nitrogens with two attached hydrogens (primary N) is 1. The molecule has 9 nitrogen and oxygen atoms in total. The zero-order chi connectivity index (χ0) is 17.1. The first-order chi connectivity index (χ1) is 11.6. The molecule has 2 heterocycles. The fourth-order valence-electron chi connectivity index (χ4n) is 3.01. The number of aryl methyl sites for hydroxylation is 1. The minimum absolute atomic E-state index is 0.287. The van der Waals surface area contributed by atoms with Crippen molar-refractivity contribution in [1.82, 2.24) is 29.8 Å². The van der Waals surface area contributed by atoms with Crippen molar-refractivity contribution in [3.8, 4) is 0 Å². The van der Waals surface area contributed by atoms with E-state index in [4.69, 9.17) is 15.0 Å². The van der Waals surface area contributed by atoms with Crippen LogP contribution >= 0.6 is 0 Å². The summed E-state index contributed by atoms with van der Waals surface area (Å²) in [5.74, 6) is 3.59. The van der Waals surface area contributed by atoms with Crippen LogP contribution in [0.25, 0.3) is 0 Å². The molecular formula is C15H25N7O2. The molecule has 2 aromatic heterocycles. The largest absolute Gasteiger partial charge is 0.383 e. The molecule has 0 radical (unpaired) electrons. The lowest BCUT2D eigenvalue weighted by molar-refractivity contribution is 0.181. The van der Waals surface area contributed by atoms with Crippen molar-refractivity contribution >= 4 is 0 Å². The van der Waals surface area contributed by atoms with Gasteiger partial charge < -0.3 is 19.6 Å². The highest BCUT2D eigenvalue weighted by atomic mass is 16.5. The predicted molar refractivity (Wildman–Crippen MR) is 86.1 cm³/mol. The van der Waals surface area contributed by atoms with Crippen LogP contribution in [0, 0.1) is 6.92 Å². The van der Waals surface area contributed by atoms with Crippen LogP contribution < -0.4 is 5.73 Å². The second-order valence-corrected chi connectivity index (χ2v) is 6.45.